The van der Waals surface area contributed by atoms with Crippen molar-refractivity contribution < 1.29 is 9.53 Å². The van der Waals surface area contributed by atoms with E-state index in [9.17, 15) is 4.79 Å². The van der Waals surface area contributed by atoms with Crippen LogP contribution < -0.4 is 5.73 Å². The highest BCUT2D eigenvalue weighted by Gasteiger charge is 2.25. The molecule has 0 saturated carbocycles. The van der Waals surface area contributed by atoms with Crippen molar-refractivity contribution in [3.05, 3.63) is 41.7 Å². The van der Waals surface area contributed by atoms with Crippen LogP contribution in [0.3, 0.4) is 0 Å². The normalized spacial score (nSPS) is 12.2. The Balaban J connectivity index is 2.29. The molecule has 0 fully saturated rings. The second-order valence-electron chi connectivity index (χ2n) is 4.09. The molecule has 1 heterocycles. The number of methoxy groups -OCH3 is 1. The summed E-state index contributed by atoms with van der Waals surface area (Å²) in [6.45, 7) is 0.304. The maximum Gasteiger partial charge on any atom is 0.323 e. The van der Waals surface area contributed by atoms with Gasteiger partial charge in [0.25, 0.3) is 0 Å². The van der Waals surface area contributed by atoms with Crippen molar-refractivity contribution in [2.75, 3.05) is 7.11 Å². The zero-order valence-electron chi connectivity index (χ0n) is 11.3. The summed E-state index contributed by atoms with van der Waals surface area (Å²) in [6, 6.07) is 9.43. The molecule has 0 aliphatic rings. The number of nitrogens with zero attached hydrogens (tertiary/aromatic N) is 3. The highest BCUT2D eigenvalue weighted by Crippen LogP contribution is 2.35. The van der Waals surface area contributed by atoms with E-state index in [1.54, 1.807) is 4.57 Å². The Kier molecular flexibility index (Phi) is 4.75. The van der Waals surface area contributed by atoms with Gasteiger partial charge in [-0.15, -0.1) is 10.2 Å². The van der Waals surface area contributed by atoms with E-state index in [-0.39, 0.29) is 5.97 Å². The molecule has 20 heavy (non-hydrogen) atoms. The second-order valence-corrected chi connectivity index (χ2v) is 5.17. The van der Waals surface area contributed by atoms with Gasteiger partial charge in [0.1, 0.15) is 11.1 Å². The Bertz CT molecular complexity index is 585. The minimum absolute atomic E-state index is 0.304. The monoisotopic (exact) mass is 292 g/mol. The Morgan fingerprint density at radius 3 is 2.65 bits per heavy atom. The Labute approximate surface area is 121 Å². The van der Waals surface area contributed by atoms with Gasteiger partial charge in [-0.05, 0) is 5.56 Å². The van der Waals surface area contributed by atoms with Crippen LogP contribution in [-0.2, 0) is 23.1 Å². The van der Waals surface area contributed by atoms with E-state index in [4.69, 9.17) is 10.5 Å². The summed E-state index contributed by atoms with van der Waals surface area (Å²) in [5.74, 6) is 0.350. The van der Waals surface area contributed by atoms with E-state index in [0.717, 1.165) is 5.56 Å². The van der Waals surface area contributed by atoms with Gasteiger partial charge in [0.2, 0.25) is 0 Å². The van der Waals surface area contributed by atoms with Crippen LogP contribution in [-0.4, -0.2) is 27.8 Å². The first-order valence-corrected chi connectivity index (χ1v) is 6.93. The number of carbonyl (C=O) groups excluding carboxylic acids is 1. The lowest BCUT2D eigenvalue weighted by Gasteiger charge is -2.14. The van der Waals surface area contributed by atoms with E-state index in [2.05, 4.69) is 10.2 Å². The zero-order chi connectivity index (χ0) is 14.5. The van der Waals surface area contributed by atoms with E-state index in [0.29, 0.717) is 17.5 Å². The van der Waals surface area contributed by atoms with Crippen LogP contribution in [0.4, 0.5) is 0 Å². The molecule has 0 bridgehead atoms. The molecule has 0 saturated heterocycles. The summed E-state index contributed by atoms with van der Waals surface area (Å²) in [5, 5.41) is 8.19. The van der Waals surface area contributed by atoms with Crippen LogP contribution in [0.2, 0.25) is 0 Å². The number of hydrogen-bond donors (Lipinski definition) is 1. The van der Waals surface area contributed by atoms with Gasteiger partial charge in [0, 0.05) is 7.05 Å². The summed E-state index contributed by atoms with van der Waals surface area (Å²) in [4.78, 5) is 12.0. The molecule has 2 N–H and O–H groups in total. The Hall–Kier alpha value is -1.86. The van der Waals surface area contributed by atoms with Crippen LogP contribution in [0.1, 0.15) is 16.6 Å². The summed E-state index contributed by atoms with van der Waals surface area (Å²) in [6.07, 6.45) is 0. The van der Waals surface area contributed by atoms with Gasteiger partial charge in [0.05, 0.1) is 13.7 Å². The lowest BCUT2D eigenvalue weighted by Crippen LogP contribution is -2.12. The van der Waals surface area contributed by atoms with Gasteiger partial charge in [-0.1, -0.05) is 42.1 Å². The third-order valence-corrected chi connectivity index (χ3v) is 4.12. The SMILES string of the molecule is COC(=O)C(Sc1nnc(CN)n1C)c1ccccc1. The molecular formula is C13H16N4O2S. The highest BCUT2D eigenvalue weighted by atomic mass is 32.2. The molecule has 1 atom stereocenters. The first-order chi connectivity index (χ1) is 9.67. The summed E-state index contributed by atoms with van der Waals surface area (Å²) >= 11 is 1.30. The molecular weight excluding hydrogens is 276 g/mol. The predicted molar refractivity (Wildman–Crippen MR) is 76.0 cm³/mol. The van der Waals surface area contributed by atoms with Crippen LogP contribution >= 0.6 is 11.8 Å². The number of thioether (sulfide) groups is 1. The minimum Gasteiger partial charge on any atom is -0.468 e. The van der Waals surface area contributed by atoms with E-state index in [1.165, 1.54) is 18.9 Å². The molecule has 1 unspecified atom stereocenters. The number of nitrogens with two attached hydrogens (primary N) is 1. The predicted octanol–water partition coefficient (Wildman–Crippen LogP) is 1.28. The number of aromatic nitrogens is 3. The average Bonchev–Trinajstić information content (AvgIpc) is 2.85. The van der Waals surface area contributed by atoms with Crippen LogP contribution in [0.5, 0.6) is 0 Å². The van der Waals surface area contributed by atoms with Gasteiger partial charge in [-0.3, -0.25) is 4.79 Å². The summed E-state index contributed by atoms with van der Waals surface area (Å²) in [7, 11) is 3.20. The van der Waals surface area contributed by atoms with Crippen molar-refractivity contribution in [3.63, 3.8) is 0 Å². The van der Waals surface area contributed by atoms with E-state index < -0.39 is 5.25 Å². The molecule has 2 aromatic rings. The van der Waals surface area contributed by atoms with Crippen molar-refractivity contribution in [1.82, 2.24) is 14.8 Å². The molecule has 7 heteroatoms. The van der Waals surface area contributed by atoms with Gasteiger partial charge in [-0.2, -0.15) is 0 Å². The fourth-order valence-electron chi connectivity index (χ4n) is 1.72. The quantitative estimate of drug-likeness (QED) is 0.660. The molecule has 0 radical (unpaired) electrons. The highest BCUT2D eigenvalue weighted by molar-refractivity contribution is 8.00. The fourth-order valence-corrected chi connectivity index (χ4v) is 2.77. The maximum absolute atomic E-state index is 12.0. The zero-order valence-corrected chi connectivity index (χ0v) is 12.1. The second kappa shape index (κ2) is 6.53. The van der Waals surface area contributed by atoms with Gasteiger partial charge in [-0.25, -0.2) is 0 Å². The molecule has 0 spiro atoms. The molecule has 0 aliphatic heterocycles. The van der Waals surface area contributed by atoms with Crippen molar-refractivity contribution in [1.29, 1.82) is 0 Å². The third kappa shape index (κ3) is 3.00. The number of esters is 1. The lowest BCUT2D eigenvalue weighted by atomic mass is 10.1. The van der Waals surface area contributed by atoms with Crippen molar-refractivity contribution in [2.24, 2.45) is 12.8 Å². The van der Waals surface area contributed by atoms with Crippen LogP contribution in [0.25, 0.3) is 0 Å². The number of hydrogen-bond acceptors (Lipinski definition) is 6. The number of benzene rings is 1. The molecule has 0 amide bonds. The molecule has 1 aromatic carbocycles. The molecule has 0 aliphatic carbocycles. The molecule has 6 nitrogen and oxygen atoms in total. The van der Waals surface area contributed by atoms with Crippen molar-refractivity contribution >= 4 is 17.7 Å². The summed E-state index contributed by atoms with van der Waals surface area (Å²) < 4.78 is 6.65. The van der Waals surface area contributed by atoms with Crippen molar-refractivity contribution in [3.8, 4) is 0 Å². The first kappa shape index (κ1) is 14.5. The maximum atomic E-state index is 12.0. The van der Waals surface area contributed by atoms with E-state index >= 15 is 0 Å². The van der Waals surface area contributed by atoms with Gasteiger partial charge in [0.15, 0.2) is 5.16 Å². The topological polar surface area (TPSA) is 83.0 Å². The number of rotatable bonds is 5. The van der Waals surface area contributed by atoms with Crippen LogP contribution in [0.15, 0.2) is 35.5 Å². The Morgan fingerprint density at radius 2 is 2.10 bits per heavy atom. The van der Waals surface area contributed by atoms with Gasteiger partial charge >= 0.3 is 5.97 Å². The fraction of sp³-hybridized carbons (Fsp3) is 0.308. The molecule has 2 rings (SSSR count). The summed E-state index contributed by atoms with van der Waals surface area (Å²) in [5.41, 5.74) is 6.43. The molecule has 1 aromatic heterocycles. The first-order valence-electron chi connectivity index (χ1n) is 6.05. The van der Waals surface area contributed by atoms with Crippen LogP contribution in [0, 0.1) is 0 Å². The number of ether oxygens (including phenoxy) is 1. The van der Waals surface area contributed by atoms with Gasteiger partial charge < -0.3 is 15.0 Å². The number of carbonyl (C=O) groups is 1. The third-order valence-electron chi connectivity index (χ3n) is 2.85. The Morgan fingerprint density at radius 1 is 1.40 bits per heavy atom. The standard InChI is InChI=1S/C13H16N4O2S/c1-17-10(8-14)15-16-13(17)20-11(12(18)19-2)9-6-4-3-5-7-9/h3-7,11H,8,14H2,1-2H3. The largest absolute Gasteiger partial charge is 0.468 e. The lowest BCUT2D eigenvalue weighted by molar-refractivity contribution is -0.140. The van der Waals surface area contributed by atoms with E-state index in [1.807, 2.05) is 37.4 Å². The smallest absolute Gasteiger partial charge is 0.323 e. The van der Waals surface area contributed by atoms with Crippen molar-refractivity contribution in [2.45, 2.75) is 17.0 Å². The average molecular weight is 292 g/mol. The molecule has 106 valence electrons. The minimum atomic E-state index is -0.477.